The summed E-state index contributed by atoms with van der Waals surface area (Å²) in [4.78, 5) is 24.1. The SMILES string of the molecule is CC/C=C\C/C=C\C/C=C\C/C=C\C/C=C\C/C=C\CCC(=O)O[C@@H](CO)COC(=O)CCCCCCC/C=C\CCCC. The zero-order valence-electron chi connectivity index (χ0n) is 27.9. The van der Waals surface area contributed by atoms with Gasteiger partial charge < -0.3 is 14.6 Å². The zero-order chi connectivity index (χ0) is 32.2. The second kappa shape index (κ2) is 34.6. The Balaban J connectivity index is 3.79. The van der Waals surface area contributed by atoms with E-state index in [4.69, 9.17) is 9.47 Å². The molecule has 0 amide bonds. The third-order valence-electron chi connectivity index (χ3n) is 6.69. The highest BCUT2D eigenvalue weighted by Gasteiger charge is 2.15. The number of aliphatic hydroxyl groups excluding tert-OH is 1. The molecule has 0 radical (unpaired) electrons. The minimum atomic E-state index is -0.817. The Labute approximate surface area is 269 Å². The third-order valence-corrected chi connectivity index (χ3v) is 6.69. The number of hydrogen-bond donors (Lipinski definition) is 1. The summed E-state index contributed by atoms with van der Waals surface area (Å²) in [6.07, 6.45) is 46.5. The van der Waals surface area contributed by atoms with Gasteiger partial charge in [-0.1, -0.05) is 131 Å². The van der Waals surface area contributed by atoms with Crippen LogP contribution in [0, 0.1) is 0 Å². The molecule has 0 aromatic heterocycles. The van der Waals surface area contributed by atoms with E-state index in [9.17, 15) is 14.7 Å². The molecule has 44 heavy (non-hydrogen) atoms. The minimum Gasteiger partial charge on any atom is -0.462 e. The lowest BCUT2D eigenvalue weighted by Crippen LogP contribution is -2.28. The maximum Gasteiger partial charge on any atom is 0.306 e. The lowest BCUT2D eigenvalue weighted by Gasteiger charge is -2.15. The second-order valence-electron chi connectivity index (χ2n) is 10.9. The van der Waals surface area contributed by atoms with E-state index in [1.807, 2.05) is 12.2 Å². The van der Waals surface area contributed by atoms with Crippen molar-refractivity contribution in [2.45, 2.75) is 136 Å². The minimum absolute atomic E-state index is 0.106. The molecule has 0 aliphatic heterocycles. The Morgan fingerprint density at radius 1 is 0.545 bits per heavy atom. The van der Waals surface area contributed by atoms with Gasteiger partial charge >= 0.3 is 11.9 Å². The first-order chi connectivity index (χ1) is 21.6. The van der Waals surface area contributed by atoms with E-state index in [-0.39, 0.29) is 25.6 Å². The van der Waals surface area contributed by atoms with E-state index >= 15 is 0 Å². The van der Waals surface area contributed by atoms with Gasteiger partial charge in [-0.3, -0.25) is 9.59 Å². The molecule has 248 valence electrons. The van der Waals surface area contributed by atoms with Gasteiger partial charge in [0.2, 0.25) is 0 Å². The normalized spacial score (nSPS) is 13.2. The lowest BCUT2D eigenvalue weighted by molar-refractivity contribution is -0.161. The summed E-state index contributed by atoms with van der Waals surface area (Å²) in [7, 11) is 0. The summed E-state index contributed by atoms with van der Waals surface area (Å²) in [5.41, 5.74) is 0. The van der Waals surface area contributed by atoms with Crippen molar-refractivity contribution in [3.05, 3.63) is 85.1 Å². The molecule has 1 N–H and O–H groups in total. The molecule has 0 unspecified atom stereocenters. The lowest BCUT2D eigenvalue weighted by atomic mass is 10.1. The number of carbonyl (C=O) groups excluding carboxylic acids is 2. The average molecular weight is 611 g/mol. The van der Waals surface area contributed by atoms with E-state index in [1.54, 1.807) is 0 Å². The molecule has 0 bridgehead atoms. The van der Waals surface area contributed by atoms with Crippen LogP contribution in [0.3, 0.4) is 0 Å². The van der Waals surface area contributed by atoms with Crippen LogP contribution in [0.5, 0.6) is 0 Å². The van der Waals surface area contributed by atoms with E-state index in [1.165, 1.54) is 32.1 Å². The predicted molar refractivity (Wildman–Crippen MR) is 186 cm³/mol. The van der Waals surface area contributed by atoms with E-state index < -0.39 is 12.1 Å². The number of carbonyl (C=O) groups is 2. The van der Waals surface area contributed by atoms with Crippen LogP contribution in [0.4, 0.5) is 0 Å². The molecule has 0 saturated carbocycles. The number of rotatable bonds is 29. The molecule has 1 atom stereocenters. The second-order valence-corrected chi connectivity index (χ2v) is 10.9. The van der Waals surface area contributed by atoms with Crippen LogP contribution in [-0.2, 0) is 19.1 Å². The third kappa shape index (κ3) is 32.0. The maximum absolute atomic E-state index is 12.1. The fourth-order valence-corrected chi connectivity index (χ4v) is 4.09. The topological polar surface area (TPSA) is 72.8 Å². The fourth-order valence-electron chi connectivity index (χ4n) is 4.09. The van der Waals surface area contributed by atoms with Crippen molar-refractivity contribution in [2.75, 3.05) is 13.2 Å². The Morgan fingerprint density at radius 3 is 1.57 bits per heavy atom. The van der Waals surface area contributed by atoms with Gasteiger partial charge in [-0.25, -0.2) is 0 Å². The van der Waals surface area contributed by atoms with Gasteiger partial charge in [0, 0.05) is 12.8 Å². The van der Waals surface area contributed by atoms with Crippen LogP contribution >= 0.6 is 0 Å². The highest BCUT2D eigenvalue weighted by atomic mass is 16.6. The quantitative estimate of drug-likeness (QED) is 0.0518. The monoisotopic (exact) mass is 610 g/mol. The van der Waals surface area contributed by atoms with Crippen molar-refractivity contribution in [1.29, 1.82) is 0 Å². The molecule has 5 heteroatoms. The fraction of sp³-hybridized carbons (Fsp3) is 0.590. The van der Waals surface area contributed by atoms with Crippen molar-refractivity contribution < 1.29 is 24.2 Å². The molecular weight excluding hydrogens is 548 g/mol. The number of ether oxygens (including phenoxy) is 2. The summed E-state index contributed by atoms with van der Waals surface area (Å²) in [5.74, 6) is -0.712. The largest absolute Gasteiger partial charge is 0.462 e. The number of aliphatic hydroxyl groups is 1. The number of esters is 2. The van der Waals surface area contributed by atoms with Crippen LogP contribution < -0.4 is 0 Å². The standard InChI is InChI=1S/C39H62O5/c1-3-5-7-9-11-13-15-16-17-18-19-20-21-22-24-26-28-30-32-34-39(42)44-37(35-40)36-43-38(41)33-31-29-27-25-23-14-12-10-8-6-4-2/h5,7,10-13,16-17,19-20,22,24,28,30,37,40H,3-4,6,8-9,14-15,18,21,23,25-27,29,31-36H2,1-2H3/b7-5-,12-10-,13-11-,17-16-,20-19-,24-22-,30-28-/t37-/m0/s1. The number of hydrogen-bond acceptors (Lipinski definition) is 5. The molecule has 0 aliphatic rings. The van der Waals surface area contributed by atoms with Crippen LogP contribution in [0.25, 0.3) is 0 Å². The van der Waals surface area contributed by atoms with E-state index in [0.717, 1.165) is 64.2 Å². The van der Waals surface area contributed by atoms with Crippen LogP contribution in [0.2, 0.25) is 0 Å². The summed E-state index contributed by atoms with van der Waals surface area (Å²) in [6, 6.07) is 0. The van der Waals surface area contributed by atoms with Crippen molar-refractivity contribution >= 4 is 11.9 Å². The number of unbranched alkanes of at least 4 members (excludes halogenated alkanes) is 7. The number of allylic oxidation sites excluding steroid dienone is 14. The first-order valence-electron chi connectivity index (χ1n) is 17.1. The summed E-state index contributed by atoms with van der Waals surface area (Å²) in [6.45, 7) is 3.88. The summed E-state index contributed by atoms with van der Waals surface area (Å²) >= 11 is 0. The van der Waals surface area contributed by atoms with Crippen molar-refractivity contribution in [3.63, 3.8) is 0 Å². The Kier molecular flexibility index (Phi) is 32.3. The van der Waals surface area contributed by atoms with Crippen LogP contribution in [-0.4, -0.2) is 36.4 Å². The van der Waals surface area contributed by atoms with E-state index in [0.29, 0.717) is 12.8 Å². The Hall–Kier alpha value is -2.92. The summed E-state index contributed by atoms with van der Waals surface area (Å²) in [5, 5.41) is 9.49. The molecule has 0 fully saturated rings. The maximum atomic E-state index is 12.1. The highest BCUT2D eigenvalue weighted by Crippen LogP contribution is 2.09. The Bertz CT molecular complexity index is 875. The van der Waals surface area contributed by atoms with Gasteiger partial charge in [-0.05, 0) is 70.6 Å². The molecule has 5 nitrogen and oxygen atoms in total. The van der Waals surface area contributed by atoms with Gasteiger partial charge in [0.25, 0.3) is 0 Å². The van der Waals surface area contributed by atoms with Gasteiger partial charge in [0.05, 0.1) is 6.61 Å². The van der Waals surface area contributed by atoms with Gasteiger partial charge in [0.15, 0.2) is 6.10 Å². The zero-order valence-corrected chi connectivity index (χ0v) is 27.9. The smallest absolute Gasteiger partial charge is 0.306 e. The van der Waals surface area contributed by atoms with Gasteiger partial charge in [0.1, 0.15) is 6.61 Å². The molecule has 0 spiro atoms. The molecule has 0 aromatic rings. The predicted octanol–water partition coefficient (Wildman–Crippen LogP) is 10.4. The molecule has 0 aliphatic carbocycles. The first kappa shape index (κ1) is 41.1. The highest BCUT2D eigenvalue weighted by molar-refractivity contribution is 5.70. The van der Waals surface area contributed by atoms with Crippen LogP contribution in [0.15, 0.2) is 85.1 Å². The van der Waals surface area contributed by atoms with Crippen molar-refractivity contribution in [2.24, 2.45) is 0 Å². The van der Waals surface area contributed by atoms with E-state index in [2.05, 4.69) is 86.8 Å². The molecule has 0 heterocycles. The average Bonchev–Trinajstić information content (AvgIpc) is 3.02. The van der Waals surface area contributed by atoms with Crippen molar-refractivity contribution in [3.8, 4) is 0 Å². The molecular formula is C39H62O5. The molecule has 0 saturated heterocycles. The summed E-state index contributed by atoms with van der Waals surface area (Å²) < 4.78 is 10.5. The first-order valence-corrected chi connectivity index (χ1v) is 17.1. The molecule has 0 rings (SSSR count). The Morgan fingerprint density at radius 2 is 1.02 bits per heavy atom. The van der Waals surface area contributed by atoms with Crippen molar-refractivity contribution in [1.82, 2.24) is 0 Å². The van der Waals surface area contributed by atoms with Gasteiger partial charge in [-0.2, -0.15) is 0 Å². The van der Waals surface area contributed by atoms with Crippen LogP contribution in [0.1, 0.15) is 129 Å². The molecule has 0 aromatic carbocycles. The van der Waals surface area contributed by atoms with Gasteiger partial charge in [-0.15, -0.1) is 0 Å².